The molecule has 1 heterocycles. The number of alkyl halides is 3. The Morgan fingerprint density at radius 1 is 1.24 bits per heavy atom. The maximum atomic E-state index is 17.4. The smallest absolute Gasteiger partial charge is 0.226 e. The van der Waals surface area contributed by atoms with E-state index in [-0.39, 0.29) is 18.4 Å². The van der Waals surface area contributed by atoms with E-state index in [1.165, 1.54) is 12.2 Å². The molecule has 1 aromatic carbocycles. The van der Waals surface area contributed by atoms with Crippen molar-refractivity contribution in [3.8, 4) is 0 Å². The average Bonchev–Trinajstić information content (AvgIpc) is 3.37. The fourth-order valence-corrected chi connectivity index (χ4v) is 9.38. The third-order valence-electron chi connectivity index (χ3n) is 10.2. The van der Waals surface area contributed by atoms with Crippen LogP contribution in [0.2, 0.25) is 5.02 Å². The number of anilines is 1. The van der Waals surface area contributed by atoms with Crippen molar-refractivity contribution in [1.82, 2.24) is 0 Å². The summed E-state index contributed by atoms with van der Waals surface area (Å²) in [5.74, 6) is -2.29. The summed E-state index contributed by atoms with van der Waals surface area (Å²) in [6.45, 7) is 3.63. The Morgan fingerprint density at radius 3 is 2.63 bits per heavy atom. The molecule has 4 fully saturated rings. The third-order valence-corrected chi connectivity index (χ3v) is 11.2. The Labute approximate surface area is 228 Å². The van der Waals surface area contributed by atoms with Gasteiger partial charge in [0.05, 0.1) is 18.3 Å². The van der Waals surface area contributed by atoms with E-state index in [1.54, 1.807) is 43.2 Å². The first-order valence-electron chi connectivity index (χ1n) is 12.8. The lowest BCUT2D eigenvalue weighted by Gasteiger charge is -2.63. The molecule has 0 unspecified atom stereocenters. The molecule has 4 aliphatic carbocycles. The molecular weight excluding hydrogens is 539 g/mol. The van der Waals surface area contributed by atoms with E-state index in [0.717, 1.165) is 6.08 Å². The zero-order chi connectivity index (χ0) is 27.3. The highest BCUT2D eigenvalue weighted by Crippen LogP contribution is 2.73. The van der Waals surface area contributed by atoms with Gasteiger partial charge in [0, 0.05) is 27.7 Å². The molecular formula is C28H29ClF3NO4S. The molecule has 6 rings (SSSR count). The van der Waals surface area contributed by atoms with Gasteiger partial charge in [-0.2, -0.15) is 0 Å². The van der Waals surface area contributed by atoms with Crippen LogP contribution in [0.1, 0.15) is 33.1 Å². The fraction of sp³-hybridized carbons (Fsp3) is 0.571. The second-order valence-electron chi connectivity index (χ2n) is 11.7. The van der Waals surface area contributed by atoms with Gasteiger partial charge < -0.3 is 5.11 Å². The highest BCUT2D eigenvalue weighted by atomic mass is 35.5. The van der Waals surface area contributed by atoms with E-state index in [1.807, 2.05) is 0 Å². The number of rotatable bonds is 3. The minimum atomic E-state index is -2.26. The zero-order valence-electron chi connectivity index (χ0n) is 21.0. The monoisotopic (exact) mass is 567 g/mol. The van der Waals surface area contributed by atoms with Crippen molar-refractivity contribution < 1.29 is 32.7 Å². The molecule has 1 aliphatic heterocycles. The van der Waals surface area contributed by atoms with Gasteiger partial charge >= 0.3 is 0 Å². The van der Waals surface area contributed by atoms with Gasteiger partial charge in [0.15, 0.2) is 17.1 Å². The van der Waals surface area contributed by atoms with Crippen LogP contribution in [0, 0.1) is 28.6 Å². The van der Waals surface area contributed by atoms with Crippen molar-refractivity contribution in [1.29, 1.82) is 0 Å². The van der Waals surface area contributed by atoms with Crippen LogP contribution in [0.3, 0.4) is 0 Å². The maximum absolute atomic E-state index is 17.4. The van der Waals surface area contributed by atoms with E-state index < -0.39 is 69.0 Å². The number of aliphatic hydroxyl groups excluding tert-OH is 1. The molecule has 0 amide bonds. The number of benzene rings is 1. The van der Waals surface area contributed by atoms with Crippen LogP contribution < -0.4 is 5.06 Å². The summed E-state index contributed by atoms with van der Waals surface area (Å²) in [6, 6.07) is 5.96. The molecule has 0 bridgehead atoms. The van der Waals surface area contributed by atoms with Crippen LogP contribution >= 0.6 is 23.4 Å². The predicted molar refractivity (Wildman–Crippen MR) is 139 cm³/mol. The molecule has 1 aromatic rings. The van der Waals surface area contributed by atoms with Crippen molar-refractivity contribution in [2.75, 3.05) is 17.6 Å². The van der Waals surface area contributed by atoms with Crippen molar-refractivity contribution in [2.24, 2.45) is 28.6 Å². The lowest BCUT2D eigenvalue weighted by atomic mass is 9.44. The second-order valence-corrected chi connectivity index (χ2v) is 13.0. The first-order valence-corrected chi connectivity index (χ1v) is 14.2. The molecule has 5 nitrogen and oxygen atoms in total. The van der Waals surface area contributed by atoms with Crippen molar-refractivity contribution >= 4 is 39.9 Å². The highest BCUT2D eigenvalue weighted by Gasteiger charge is 2.79. The Hall–Kier alpha value is -1.81. The third kappa shape index (κ3) is 3.16. The minimum absolute atomic E-state index is 0.0496. The van der Waals surface area contributed by atoms with Crippen molar-refractivity contribution in [3.63, 3.8) is 0 Å². The number of hydrogen-bond acceptors (Lipinski definition) is 6. The van der Waals surface area contributed by atoms with Gasteiger partial charge in [-0.15, -0.1) is 0 Å². The molecule has 0 radical (unpaired) electrons. The van der Waals surface area contributed by atoms with Crippen LogP contribution in [0.15, 0.2) is 48.1 Å². The molecule has 0 aromatic heterocycles. The second kappa shape index (κ2) is 8.59. The summed E-state index contributed by atoms with van der Waals surface area (Å²) in [4.78, 5) is 32.2. The van der Waals surface area contributed by atoms with Gasteiger partial charge in [0.1, 0.15) is 12.2 Å². The van der Waals surface area contributed by atoms with Crippen LogP contribution in [-0.2, 0) is 14.4 Å². The van der Waals surface area contributed by atoms with E-state index in [2.05, 4.69) is 0 Å². The number of hydroxylamine groups is 1. The standard InChI is InChI=1S/C28H29ClF3NO4S/c1-25-8-7-18(34)10-21(25)22(31)11-20-19-9-15-13-33(17-5-3-16(29)4-6-17)37-28(15,24(36)38-14-30)26(19,2)12-23(35)27(20,25)32/h3-8,10,15,19-20,22-23,35H,9,11-14H2,1-2H3/t15-,19-,20-,22-,23-,25-,26-,27-,28-/m0/s1. The fourth-order valence-electron chi connectivity index (χ4n) is 8.51. The predicted octanol–water partition coefficient (Wildman–Crippen LogP) is 5.56. The van der Waals surface area contributed by atoms with Gasteiger partial charge in [-0.3, -0.25) is 19.5 Å². The largest absolute Gasteiger partial charge is 0.390 e. The summed E-state index contributed by atoms with van der Waals surface area (Å²) >= 11 is 6.55. The Bertz CT molecular complexity index is 1260. The Morgan fingerprint density at radius 2 is 1.95 bits per heavy atom. The van der Waals surface area contributed by atoms with Crippen molar-refractivity contribution in [3.05, 3.63) is 53.1 Å². The first kappa shape index (κ1) is 26.4. The molecule has 3 saturated carbocycles. The SMILES string of the molecule is C[C@]12C=CC(=O)C=C1[C@@H](F)C[C@H]1[C@@H]3C[C@H]4CN(c5ccc(Cl)cc5)O[C@@]4(C(=O)SCF)[C@@]3(C)C[C@H](O)[C@@]12F. The summed E-state index contributed by atoms with van der Waals surface area (Å²) in [6.07, 6.45) is 0.647. The van der Waals surface area contributed by atoms with Gasteiger partial charge in [-0.1, -0.05) is 36.4 Å². The molecule has 38 heavy (non-hydrogen) atoms. The summed E-state index contributed by atoms with van der Waals surface area (Å²) in [7, 11) is 0. The van der Waals surface area contributed by atoms with E-state index >= 15 is 8.78 Å². The number of thioether (sulfide) groups is 1. The number of carbonyl (C=O) groups excluding carboxylic acids is 2. The highest BCUT2D eigenvalue weighted by molar-refractivity contribution is 8.13. The molecule has 1 N–H and O–H groups in total. The van der Waals surface area contributed by atoms with E-state index in [0.29, 0.717) is 35.4 Å². The van der Waals surface area contributed by atoms with E-state index in [9.17, 15) is 19.1 Å². The molecule has 10 heteroatoms. The molecule has 5 aliphatic rings. The Kier molecular flexibility index (Phi) is 5.97. The number of carbonyl (C=O) groups is 2. The van der Waals surface area contributed by atoms with Crippen LogP contribution in [0.4, 0.5) is 18.9 Å². The topological polar surface area (TPSA) is 66.8 Å². The van der Waals surface area contributed by atoms with Crippen molar-refractivity contribution in [2.45, 2.75) is 56.7 Å². The quantitative estimate of drug-likeness (QED) is 0.516. The van der Waals surface area contributed by atoms with Gasteiger partial charge in [-0.05, 0) is 74.1 Å². The number of aliphatic hydroxyl groups is 1. The Balaban J connectivity index is 1.44. The normalized spacial score (nSPS) is 45.2. The van der Waals surface area contributed by atoms with Gasteiger partial charge in [-0.25, -0.2) is 13.2 Å². The molecule has 0 spiro atoms. The number of halogens is 4. The maximum Gasteiger partial charge on any atom is 0.226 e. The minimum Gasteiger partial charge on any atom is -0.390 e. The summed E-state index contributed by atoms with van der Waals surface area (Å²) in [5, 5.41) is 13.2. The first-order chi connectivity index (χ1) is 17.9. The molecule has 9 atom stereocenters. The molecule has 1 saturated heterocycles. The van der Waals surface area contributed by atoms with Crippen LogP contribution in [0.25, 0.3) is 0 Å². The lowest BCUT2D eigenvalue weighted by molar-refractivity contribution is -0.225. The van der Waals surface area contributed by atoms with Crippen LogP contribution in [0.5, 0.6) is 0 Å². The lowest BCUT2D eigenvalue weighted by Crippen LogP contribution is -2.70. The van der Waals surface area contributed by atoms with Crippen LogP contribution in [-0.4, -0.2) is 52.1 Å². The number of fused-ring (bicyclic) bond motifs is 7. The summed E-state index contributed by atoms with van der Waals surface area (Å²) in [5.41, 5.74) is -5.68. The average molecular weight is 568 g/mol. The van der Waals surface area contributed by atoms with Gasteiger partial charge in [0.25, 0.3) is 0 Å². The van der Waals surface area contributed by atoms with E-state index in [4.69, 9.17) is 16.4 Å². The number of ketones is 1. The number of hydrogen-bond donors (Lipinski definition) is 1. The molecule has 204 valence electrons. The zero-order valence-corrected chi connectivity index (χ0v) is 22.6. The van der Waals surface area contributed by atoms with Gasteiger partial charge in [0.2, 0.25) is 5.12 Å². The number of allylic oxidation sites excluding steroid dienone is 4. The summed E-state index contributed by atoms with van der Waals surface area (Å²) < 4.78 is 46.7. The number of nitrogens with zero attached hydrogens (tertiary/aromatic N) is 1.